The third-order valence-electron chi connectivity index (χ3n) is 3.62. The van der Waals surface area contributed by atoms with Crippen LogP contribution >= 0.6 is 0 Å². The summed E-state index contributed by atoms with van der Waals surface area (Å²) in [6.45, 7) is 1.56. The largest absolute Gasteiger partial charge is 0.341 e. The van der Waals surface area contributed by atoms with Gasteiger partial charge in [0.15, 0.2) is 5.78 Å². The van der Waals surface area contributed by atoms with Gasteiger partial charge in [0.1, 0.15) is 0 Å². The smallest absolute Gasteiger partial charge is 0.227 e. The number of rotatable bonds is 3. The van der Waals surface area contributed by atoms with E-state index in [9.17, 15) is 9.59 Å². The normalized spacial score (nSPS) is 14.6. The van der Waals surface area contributed by atoms with E-state index in [1.54, 1.807) is 6.92 Å². The molecule has 1 amide bonds. The van der Waals surface area contributed by atoms with Crippen molar-refractivity contribution in [3.63, 3.8) is 0 Å². The predicted molar refractivity (Wildman–Crippen MR) is 74.3 cm³/mol. The molecule has 98 valence electrons. The Kier molecular flexibility index (Phi) is 2.66. The SMILES string of the molecule is CC(=O)c1cc2cc(NC(=O)C3CC3)ccc2n1C. The van der Waals surface area contributed by atoms with Crippen molar-refractivity contribution in [3.05, 3.63) is 30.0 Å². The van der Waals surface area contributed by atoms with Gasteiger partial charge in [0.25, 0.3) is 0 Å². The fourth-order valence-electron chi connectivity index (χ4n) is 2.35. The van der Waals surface area contributed by atoms with Crippen LogP contribution in [0.2, 0.25) is 0 Å². The molecule has 3 rings (SSSR count). The van der Waals surface area contributed by atoms with E-state index in [0.717, 1.165) is 29.4 Å². The summed E-state index contributed by atoms with van der Waals surface area (Å²) in [7, 11) is 1.88. The quantitative estimate of drug-likeness (QED) is 0.858. The van der Waals surface area contributed by atoms with Crippen molar-refractivity contribution in [1.82, 2.24) is 4.57 Å². The van der Waals surface area contributed by atoms with Crippen LogP contribution in [-0.4, -0.2) is 16.3 Å². The van der Waals surface area contributed by atoms with Crippen LogP contribution in [0.1, 0.15) is 30.3 Å². The van der Waals surface area contributed by atoms with Gasteiger partial charge in [0, 0.05) is 36.5 Å². The molecule has 1 aromatic heterocycles. The number of hydrogen-bond donors (Lipinski definition) is 1. The highest BCUT2D eigenvalue weighted by molar-refractivity contribution is 6.00. The van der Waals surface area contributed by atoms with Crippen LogP contribution in [0, 0.1) is 5.92 Å². The van der Waals surface area contributed by atoms with E-state index >= 15 is 0 Å². The molecule has 1 heterocycles. The van der Waals surface area contributed by atoms with Crippen LogP contribution in [-0.2, 0) is 11.8 Å². The van der Waals surface area contributed by atoms with E-state index in [2.05, 4.69) is 5.32 Å². The number of amides is 1. The van der Waals surface area contributed by atoms with Crippen LogP contribution in [0.4, 0.5) is 5.69 Å². The molecule has 2 aromatic rings. The van der Waals surface area contributed by atoms with Gasteiger partial charge in [-0.2, -0.15) is 0 Å². The number of benzene rings is 1. The summed E-state index contributed by atoms with van der Waals surface area (Å²) in [5.74, 6) is 0.337. The molecule has 19 heavy (non-hydrogen) atoms. The lowest BCUT2D eigenvalue weighted by molar-refractivity contribution is -0.117. The van der Waals surface area contributed by atoms with Crippen molar-refractivity contribution < 1.29 is 9.59 Å². The van der Waals surface area contributed by atoms with E-state index in [1.165, 1.54) is 0 Å². The number of hydrogen-bond acceptors (Lipinski definition) is 2. The van der Waals surface area contributed by atoms with Crippen molar-refractivity contribution in [2.45, 2.75) is 19.8 Å². The molecular weight excluding hydrogens is 240 g/mol. The molecule has 0 saturated heterocycles. The molecule has 0 radical (unpaired) electrons. The molecule has 1 N–H and O–H groups in total. The number of aryl methyl sites for hydroxylation is 1. The molecule has 1 aliphatic rings. The maximum atomic E-state index is 11.7. The van der Waals surface area contributed by atoms with E-state index in [-0.39, 0.29) is 17.6 Å². The minimum absolute atomic E-state index is 0.0438. The van der Waals surface area contributed by atoms with Crippen molar-refractivity contribution in [1.29, 1.82) is 0 Å². The Morgan fingerprint density at radius 2 is 2.00 bits per heavy atom. The monoisotopic (exact) mass is 256 g/mol. The zero-order valence-electron chi connectivity index (χ0n) is 11.1. The summed E-state index contributed by atoms with van der Waals surface area (Å²) < 4.78 is 1.88. The molecule has 0 atom stereocenters. The van der Waals surface area contributed by atoms with E-state index in [4.69, 9.17) is 0 Å². The highest BCUT2D eigenvalue weighted by Gasteiger charge is 2.29. The third kappa shape index (κ3) is 2.14. The first kappa shape index (κ1) is 12.0. The Morgan fingerprint density at radius 3 is 2.63 bits per heavy atom. The zero-order valence-corrected chi connectivity index (χ0v) is 11.1. The fourth-order valence-corrected chi connectivity index (χ4v) is 2.35. The Bertz CT molecular complexity index is 681. The van der Waals surface area contributed by atoms with Crippen LogP contribution < -0.4 is 5.32 Å². The van der Waals surface area contributed by atoms with E-state index in [1.807, 2.05) is 35.9 Å². The fraction of sp³-hybridized carbons (Fsp3) is 0.333. The zero-order chi connectivity index (χ0) is 13.6. The Morgan fingerprint density at radius 1 is 1.26 bits per heavy atom. The van der Waals surface area contributed by atoms with Gasteiger partial charge in [-0.1, -0.05) is 0 Å². The Balaban J connectivity index is 1.96. The molecule has 0 unspecified atom stereocenters. The average molecular weight is 256 g/mol. The molecule has 1 saturated carbocycles. The summed E-state index contributed by atoms with van der Waals surface area (Å²) in [6.07, 6.45) is 1.99. The van der Waals surface area contributed by atoms with Crippen LogP contribution in [0.3, 0.4) is 0 Å². The molecule has 1 fully saturated rings. The second-order valence-corrected chi connectivity index (χ2v) is 5.18. The number of aromatic nitrogens is 1. The lowest BCUT2D eigenvalue weighted by atomic mass is 10.2. The lowest BCUT2D eigenvalue weighted by Crippen LogP contribution is -2.13. The van der Waals surface area contributed by atoms with Gasteiger partial charge in [-0.15, -0.1) is 0 Å². The summed E-state index contributed by atoms with van der Waals surface area (Å²) in [5.41, 5.74) is 2.47. The molecule has 0 aliphatic heterocycles. The van der Waals surface area contributed by atoms with Gasteiger partial charge in [-0.25, -0.2) is 0 Å². The first-order valence-electron chi connectivity index (χ1n) is 6.47. The molecule has 1 aliphatic carbocycles. The van der Waals surface area contributed by atoms with Crippen LogP contribution in [0.15, 0.2) is 24.3 Å². The second-order valence-electron chi connectivity index (χ2n) is 5.18. The van der Waals surface area contributed by atoms with Gasteiger partial charge >= 0.3 is 0 Å². The van der Waals surface area contributed by atoms with Crippen molar-refractivity contribution in [3.8, 4) is 0 Å². The van der Waals surface area contributed by atoms with E-state index < -0.39 is 0 Å². The predicted octanol–water partition coefficient (Wildman–Crippen LogP) is 2.73. The summed E-state index contributed by atoms with van der Waals surface area (Å²) in [5, 5.41) is 3.89. The molecule has 1 aromatic carbocycles. The molecule has 0 bridgehead atoms. The Hall–Kier alpha value is -2.10. The van der Waals surface area contributed by atoms with Gasteiger partial charge in [0.2, 0.25) is 5.91 Å². The maximum Gasteiger partial charge on any atom is 0.227 e. The minimum Gasteiger partial charge on any atom is -0.341 e. The molecule has 0 spiro atoms. The lowest BCUT2D eigenvalue weighted by Gasteiger charge is -2.05. The van der Waals surface area contributed by atoms with Crippen LogP contribution in [0.25, 0.3) is 10.9 Å². The third-order valence-corrected chi connectivity index (χ3v) is 3.62. The number of carbonyl (C=O) groups excluding carboxylic acids is 2. The van der Waals surface area contributed by atoms with Crippen molar-refractivity contribution in [2.24, 2.45) is 13.0 Å². The number of ketones is 1. The number of carbonyl (C=O) groups is 2. The number of nitrogens with zero attached hydrogens (tertiary/aromatic N) is 1. The van der Waals surface area contributed by atoms with Crippen LogP contribution in [0.5, 0.6) is 0 Å². The van der Waals surface area contributed by atoms with Gasteiger partial charge in [0.05, 0.1) is 5.69 Å². The first-order chi connectivity index (χ1) is 9.06. The first-order valence-corrected chi connectivity index (χ1v) is 6.47. The standard InChI is InChI=1S/C15H16N2O2/c1-9(18)14-8-11-7-12(5-6-13(11)17(14)2)16-15(19)10-3-4-10/h5-8,10H,3-4H2,1-2H3,(H,16,19). The maximum absolute atomic E-state index is 11.7. The van der Waals surface area contributed by atoms with Gasteiger partial charge < -0.3 is 9.88 Å². The topological polar surface area (TPSA) is 51.1 Å². The highest BCUT2D eigenvalue weighted by Crippen LogP contribution is 2.31. The number of fused-ring (bicyclic) bond motifs is 1. The highest BCUT2D eigenvalue weighted by atomic mass is 16.2. The summed E-state index contributed by atoms with van der Waals surface area (Å²) in [4.78, 5) is 23.2. The molecular formula is C15H16N2O2. The average Bonchev–Trinajstić information content (AvgIpc) is 3.15. The second kappa shape index (κ2) is 4.23. The van der Waals surface area contributed by atoms with E-state index in [0.29, 0.717) is 5.69 Å². The molecule has 4 nitrogen and oxygen atoms in total. The van der Waals surface area contributed by atoms with Gasteiger partial charge in [-0.05, 0) is 37.1 Å². The summed E-state index contributed by atoms with van der Waals surface area (Å²) >= 11 is 0. The number of Topliss-reactive ketones (excluding diaryl/α,β-unsaturated/α-hetero) is 1. The van der Waals surface area contributed by atoms with Crippen molar-refractivity contribution >= 4 is 28.3 Å². The number of nitrogens with one attached hydrogen (secondary N) is 1. The minimum atomic E-state index is 0.0438. The Labute approximate surface area is 111 Å². The number of anilines is 1. The van der Waals surface area contributed by atoms with Gasteiger partial charge in [-0.3, -0.25) is 9.59 Å². The van der Waals surface area contributed by atoms with Crippen molar-refractivity contribution in [2.75, 3.05) is 5.32 Å². The molecule has 4 heteroatoms. The summed E-state index contributed by atoms with van der Waals surface area (Å²) in [6, 6.07) is 7.60.